The summed E-state index contributed by atoms with van der Waals surface area (Å²) in [5.74, 6) is 0.847. The largest absolute Gasteiger partial charge is 0.486 e. The Balaban J connectivity index is 1.48. The molecule has 3 aromatic carbocycles. The molecule has 172 valence electrons. The Labute approximate surface area is 194 Å². The summed E-state index contributed by atoms with van der Waals surface area (Å²) in [6.07, 6.45) is 0.463. The fraction of sp³-hybridized carbons (Fsp3) is 0.240. The molecular formula is C25H26N2O5S. The highest BCUT2D eigenvalue weighted by Gasteiger charge is 2.28. The first-order chi connectivity index (χ1) is 16.0. The van der Waals surface area contributed by atoms with Crippen molar-refractivity contribution in [2.45, 2.75) is 24.3 Å². The fourth-order valence-electron chi connectivity index (χ4n) is 3.51. The number of aryl methyl sites for hydroxylation is 1. The molecule has 7 nitrogen and oxygen atoms in total. The summed E-state index contributed by atoms with van der Waals surface area (Å²) in [6.45, 7) is 2.16. The second-order valence-electron chi connectivity index (χ2n) is 7.65. The van der Waals surface area contributed by atoms with Gasteiger partial charge in [0.15, 0.2) is 11.5 Å². The summed E-state index contributed by atoms with van der Waals surface area (Å²) in [7, 11) is -3.94. The smallest absolute Gasteiger partial charge is 0.264 e. The predicted octanol–water partition coefficient (Wildman–Crippen LogP) is 3.40. The van der Waals surface area contributed by atoms with E-state index in [9.17, 15) is 13.2 Å². The number of carbonyl (C=O) groups excluding carboxylic acids is 1. The lowest BCUT2D eigenvalue weighted by Crippen LogP contribution is -2.45. The highest BCUT2D eigenvalue weighted by molar-refractivity contribution is 7.92. The number of benzene rings is 3. The Morgan fingerprint density at radius 3 is 2.33 bits per heavy atom. The van der Waals surface area contributed by atoms with E-state index in [0.717, 1.165) is 16.3 Å². The first-order valence-corrected chi connectivity index (χ1v) is 12.2. The van der Waals surface area contributed by atoms with Gasteiger partial charge in [-0.1, -0.05) is 49.4 Å². The van der Waals surface area contributed by atoms with Crippen molar-refractivity contribution < 1.29 is 22.7 Å². The minimum atomic E-state index is -3.94. The van der Waals surface area contributed by atoms with Gasteiger partial charge in [0.1, 0.15) is 19.3 Å². The molecule has 1 aliphatic rings. The maximum absolute atomic E-state index is 13.4. The molecule has 1 amide bonds. The van der Waals surface area contributed by atoms with Gasteiger partial charge in [-0.05, 0) is 48.4 Å². The summed E-state index contributed by atoms with van der Waals surface area (Å²) in [5, 5.41) is 2.78. The van der Waals surface area contributed by atoms with Crippen LogP contribution in [-0.2, 0) is 21.2 Å². The van der Waals surface area contributed by atoms with Crippen LogP contribution in [0.4, 0.5) is 5.69 Å². The van der Waals surface area contributed by atoms with E-state index in [0.29, 0.717) is 23.8 Å². The van der Waals surface area contributed by atoms with Crippen molar-refractivity contribution >= 4 is 21.6 Å². The lowest BCUT2D eigenvalue weighted by molar-refractivity contribution is -0.120. The van der Waals surface area contributed by atoms with E-state index in [1.54, 1.807) is 36.4 Å². The van der Waals surface area contributed by atoms with Crippen LogP contribution in [0.25, 0.3) is 0 Å². The number of carbonyl (C=O) groups is 1. The number of sulfonamides is 1. The Morgan fingerprint density at radius 2 is 1.64 bits per heavy atom. The highest BCUT2D eigenvalue weighted by Crippen LogP contribution is 2.30. The molecule has 0 aliphatic carbocycles. The topological polar surface area (TPSA) is 84.9 Å². The molecule has 1 N–H and O–H groups in total. The lowest BCUT2D eigenvalue weighted by Gasteiger charge is -2.27. The van der Waals surface area contributed by atoms with Crippen molar-refractivity contribution in [3.8, 4) is 11.5 Å². The Hall–Kier alpha value is -3.52. The number of nitrogens with zero attached hydrogens (tertiary/aromatic N) is 1. The van der Waals surface area contributed by atoms with Crippen molar-refractivity contribution in [1.82, 2.24) is 5.32 Å². The minimum absolute atomic E-state index is 0.123. The third-order valence-electron chi connectivity index (χ3n) is 5.35. The van der Waals surface area contributed by atoms with E-state index in [1.165, 1.54) is 12.1 Å². The van der Waals surface area contributed by atoms with E-state index in [2.05, 4.69) is 5.32 Å². The summed E-state index contributed by atoms with van der Waals surface area (Å²) < 4.78 is 39.4. The van der Waals surface area contributed by atoms with Gasteiger partial charge in [-0.15, -0.1) is 0 Å². The van der Waals surface area contributed by atoms with Gasteiger partial charge < -0.3 is 14.8 Å². The molecule has 0 unspecified atom stereocenters. The zero-order valence-electron chi connectivity index (χ0n) is 18.3. The number of anilines is 1. The van der Waals surface area contributed by atoms with Gasteiger partial charge in [0.05, 0.1) is 17.1 Å². The zero-order chi connectivity index (χ0) is 23.3. The van der Waals surface area contributed by atoms with Crippen molar-refractivity contribution in [2.24, 2.45) is 0 Å². The Kier molecular flexibility index (Phi) is 6.84. The molecule has 0 aromatic heterocycles. The molecule has 0 bridgehead atoms. The first kappa shape index (κ1) is 22.7. The molecule has 0 radical (unpaired) electrons. The molecule has 3 aromatic rings. The molecule has 8 heteroatoms. The minimum Gasteiger partial charge on any atom is -0.486 e. The molecule has 4 rings (SSSR count). The van der Waals surface area contributed by atoms with Gasteiger partial charge >= 0.3 is 0 Å². The van der Waals surface area contributed by atoms with Crippen molar-refractivity contribution in [1.29, 1.82) is 0 Å². The molecule has 0 saturated heterocycles. The SMILES string of the molecule is CCc1ccc(N(CC(=O)NC[C@@H]2COc3ccccc3O2)S(=O)(=O)c2ccccc2)cc1. The lowest BCUT2D eigenvalue weighted by atomic mass is 10.1. The summed E-state index contributed by atoms with van der Waals surface area (Å²) in [4.78, 5) is 12.9. The number of rotatable bonds is 8. The predicted molar refractivity (Wildman–Crippen MR) is 126 cm³/mol. The van der Waals surface area contributed by atoms with Crippen molar-refractivity contribution in [2.75, 3.05) is 24.0 Å². The van der Waals surface area contributed by atoms with Crippen LogP contribution in [0, 0.1) is 0 Å². The van der Waals surface area contributed by atoms with Gasteiger partial charge in [-0.25, -0.2) is 8.42 Å². The normalized spacial score (nSPS) is 15.0. The average molecular weight is 467 g/mol. The van der Waals surface area contributed by atoms with Gasteiger partial charge in [-0.3, -0.25) is 9.10 Å². The van der Waals surface area contributed by atoms with Crippen LogP contribution in [0.15, 0.2) is 83.8 Å². The number of amides is 1. The fourth-order valence-corrected chi connectivity index (χ4v) is 4.95. The second kappa shape index (κ2) is 9.95. The quantitative estimate of drug-likeness (QED) is 0.550. The zero-order valence-corrected chi connectivity index (χ0v) is 19.1. The van der Waals surface area contributed by atoms with Gasteiger partial charge in [-0.2, -0.15) is 0 Å². The molecule has 0 fully saturated rings. The average Bonchev–Trinajstić information content (AvgIpc) is 2.86. The van der Waals surface area contributed by atoms with E-state index >= 15 is 0 Å². The Morgan fingerprint density at radius 1 is 0.970 bits per heavy atom. The second-order valence-corrected chi connectivity index (χ2v) is 9.51. The third-order valence-corrected chi connectivity index (χ3v) is 7.13. The molecule has 1 aliphatic heterocycles. The molecule has 1 heterocycles. The summed E-state index contributed by atoms with van der Waals surface area (Å²) in [5.41, 5.74) is 1.51. The van der Waals surface area contributed by atoms with Crippen LogP contribution in [0.3, 0.4) is 0 Å². The maximum Gasteiger partial charge on any atom is 0.264 e. The van der Waals surface area contributed by atoms with Crippen LogP contribution in [0.1, 0.15) is 12.5 Å². The van der Waals surface area contributed by atoms with E-state index in [-0.39, 0.29) is 24.1 Å². The van der Waals surface area contributed by atoms with Crippen LogP contribution >= 0.6 is 0 Å². The van der Waals surface area contributed by atoms with Crippen LogP contribution in [0.2, 0.25) is 0 Å². The number of fused-ring (bicyclic) bond motifs is 1. The van der Waals surface area contributed by atoms with Crippen LogP contribution in [0.5, 0.6) is 11.5 Å². The van der Waals surface area contributed by atoms with Gasteiger partial charge in [0, 0.05) is 0 Å². The number of hydrogen-bond acceptors (Lipinski definition) is 5. The Bertz CT molecular complexity index is 1200. The number of hydrogen-bond donors (Lipinski definition) is 1. The van der Waals surface area contributed by atoms with Crippen LogP contribution in [-0.4, -0.2) is 40.1 Å². The molecule has 1 atom stereocenters. The number of nitrogens with one attached hydrogen (secondary N) is 1. The summed E-state index contributed by atoms with van der Waals surface area (Å²) >= 11 is 0. The van der Waals surface area contributed by atoms with Gasteiger partial charge in [0.2, 0.25) is 5.91 Å². The number of ether oxygens (including phenoxy) is 2. The third kappa shape index (κ3) is 5.28. The van der Waals surface area contributed by atoms with Crippen LogP contribution < -0.4 is 19.1 Å². The van der Waals surface area contributed by atoms with E-state index < -0.39 is 15.9 Å². The molecular weight excluding hydrogens is 440 g/mol. The molecule has 0 spiro atoms. The van der Waals surface area contributed by atoms with E-state index in [4.69, 9.17) is 9.47 Å². The number of para-hydroxylation sites is 2. The van der Waals surface area contributed by atoms with E-state index in [1.807, 2.05) is 37.3 Å². The monoisotopic (exact) mass is 466 g/mol. The summed E-state index contributed by atoms with van der Waals surface area (Å²) in [6, 6.07) is 22.6. The molecule has 33 heavy (non-hydrogen) atoms. The molecule has 0 saturated carbocycles. The van der Waals surface area contributed by atoms with Crippen molar-refractivity contribution in [3.63, 3.8) is 0 Å². The standard InChI is InChI=1S/C25H26N2O5S/c1-2-19-12-14-20(15-13-19)27(33(29,30)22-8-4-3-5-9-22)17-25(28)26-16-21-18-31-23-10-6-7-11-24(23)32-21/h3-15,21H,2,16-18H2,1H3,(H,26,28)/t21-/m1/s1. The first-order valence-electron chi connectivity index (χ1n) is 10.8. The maximum atomic E-state index is 13.4. The van der Waals surface area contributed by atoms with Gasteiger partial charge in [0.25, 0.3) is 10.0 Å². The highest BCUT2D eigenvalue weighted by atomic mass is 32.2. The van der Waals surface area contributed by atoms with Crippen molar-refractivity contribution in [3.05, 3.63) is 84.4 Å².